The summed E-state index contributed by atoms with van der Waals surface area (Å²) in [7, 11) is 1.56. The minimum Gasteiger partial charge on any atom is -0.482 e. The van der Waals surface area contributed by atoms with Crippen molar-refractivity contribution in [3.05, 3.63) is 24.3 Å². The maximum absolute atomic E-state index is 11.3. The minimum atomic E-state index is -0.464. The number of hydrogen-bond donors (Lipinski definition) is 2. The van der Waals surface area contributed by atoms with Gasteiger partial charge >= 0.3 is 5.97 Å². The molecular formula is C13H18N2O4. The van der Waals surface area contributed by atoms with Gasteiger partial charge in [-0.15, -0.1) is 0 Å². The molecule has 0 heterocycles. The van der Waals surface area contributed by atoms with Gasteiger partial charge < -0.3 is 20.5 Å². The molecule has 0 bridgehead atoms. The number of nitrogens with two attached hydrogens (primary N) is 1. The van der Waals surface area contributed by atoms with E-state index in [1.807, 2.05) is 0 Å². The van der Waals surface area contributed by atoms with Crippen LogP contribution in [0.1, 0.15) is 12.8 Å². The fourth-order valence-corrected chi connectivity index (χ4v) is 1.29. The maximum Gasteiger partial charge on any atom is 0.344 e. The molecule has 0 spiro atoms. The fourth-order valence-electron chi connectivity index (χ4n) is 1.29. The van der Waals surface area contributed by atoms with Gasteiger partial charge in [0.25, 0.3) is 0 Å². The topological polar surface area (TPSA) is 90.6 Å². The Kier molecular flexibility index (Phi) is 6.21. The predicted octanol–water partition coefficient (Wildman–Crippen LogP) is 0.717. The van der Waals surface area contributed by atoms with E-state index in [4.69, 9.17) is 15.2 Å². The van der Waals surface area contributed by atoms with Gasteiger partial charge in [-0.2, -0.15) is 0 Å². The molecule has 1 aromatic carbocycles. The van der Waals surface area contributed by atoms with Gasteiger partial charge in [0, 0.05) is 19.2 Å². The molecule has 19 heavy (non-hydrogen) atoms. The molecule has 1 amide bonds. The van der Waals surface area contributed by atoms with Crippen molar-refractivity contribution in [2.75, 3.05) is 26.0 Å². The lowest BCUT2D eigenvalue weighted by Crippen LogP contribution is -2.19. The van der Waals surface area contributed by atoms with Crippen LogP contribution >= 0.6 is 0 Å². The van der Waals surface area contributed by atoms with Crippen molar-refractivity contribution in [2.24, 2.45) is 0 Å². The molecule has 0 aliphatic heterocycles. The third-order valence-electron chi connectivity index (χ3n) is 2.33. The second-order valence-corrected chi connectivity index (χ2v) is 3.85. The number of nitrogen functional groups attached to an aromatic ring is 1. The Morgan fingerprint density at radius 3 is 2.58 bits per heavy atom. The Balaban J connectivity index is 2.14. The van der Waals surface area contributed by atoms with Crippen LogP contribution in [0.3, 0.4) is 0 Å². The summed E-state index contributed by atoms with van der Waals surface area (Å²) < 4.78 is 10.1. The number of amides is 1. The maximum atomic E-state index is 11.3. The summed E-state index contributed by atoms with van der Waals surface area (Å²) in [5.41, 5.74) is 6.15. The molecule has 0 saturated heterocycles. The van der Waals surface area contributed by atoms with Crippen LogP contribution in [-0.4, -0.2) is 32.1 Å². The first kappa shape index (κ1) is 14.8. The molecule has 1 rings (SSSR count). The van der Waals surface area contributed by atoms with Crippen molar-refractivity contribution in [3.8, 4) is 5.75 Å². The molecule has 0 atom stereocenters. The van der Waals surface area contributed by atoms with Crippen LogP contribution in [0.15, 0.2) is 24.3 Å². The van der Waals surface area contributed by atoms with Gasteiger partial charge in [-0.25, -0.2) is 4.79 Å². The van der Waals surface area contributed by atoms with E-state index in [-0.39, 0.29) is 19.1 Å². The smallest absolute Gasteiger partial charge is 0.344 e. The highest BCUT2D eigenvalue weighted by Crippen LogP contribution is 2.12. The van der Waals surface area contributed by atoms with E-state index in [0.717, 1.165) is 0 Å². The van der Waals surface area contributed by atoms with E-state index in [2.05, 4.69) is 5.32 Å². The number of carbonyl (C=O) groups excluding carboxylic acids is 2. The van der Waals surface area contributed by atoms with Crippen LogP contribution in [0.4, 0.5) is 5.69 Å². The summed E-state index contributed by atoms with van der Waals surface area (Å²) in [6, 6.07) is 6.72. The zero-order valence-electron chi connectivity index (χ0n) is 10.8. The summed E-state index contributed by atoms with van der Waals surface area (Å²) in [5, 5.41) is 2.49. The Labute approximate surface area is 111 Å². The van der Waals surface area contributed by atoms with Crippen LogP contribution in [0.2, 0.25) is 0 Å². The molecule has 3 N–H and O–H groups in total. The van der Waals surface area contributed by atoms with Crippen LogP contribution in [0.25, 0.3) is 0 Å². The summed E-state index contributed by atoms with van der Waals surface area (Å²) in [6.07, 6.45) is 0.829. The van der Waals surface area contributed by atoms with Crippen LogP contribution in [0, 0.1) is 0 Å². The van der Waals surface area contributed by atoms with Gasteiger partial charge in [0.1, 0.15) is 5.75 Å². The molecule has 1 aromatic rings. The van der Waals surface area contributed by atoms with Crippen LogP contribution in [-0.2, 0) is 14.3 Å². The zero-order valence-corrected chi connectivity index (χ0v) is 10.8. The summed E-state index contributed by atoms with van der Waals surface area (Å²) in [4.78, 5) is 22.2. The van der Waals surface area contributed by atoms with Crippen molar-refractivity contribution in [3.63, 3.8) is 0 Å². The molecular weight excluding hydrogens is 248 g/mol. The van der Waals surface area contributed by atoms with Gasteiger partial charge in [0.05, 0.1) is 6.61 Å². The Hall–Kier alpha value is -2.24. The van der Waals surface area contributed by atoms with Crippen molar-refractivity contribution in [2.45, 2.75) is 12.8 Å². The third-order valence-corrected chi connectivity index (χ3v) is 2.33. The first-order chi connectivity index (χ1) is 9.11. The largest absolute Gasteiger partial charge is 0.482 e. The number of carbonyl (C=O) groups is 2. The van der Waals surface area contributed by atoms with Gasteiger partial charge in [-0.05, 0) is 30.7 Å². The van der Waals surface area contributed by atoms with E-state index in [1.54, 1.807) is 31.3 Å². The molecule has 6 nitrogen and oxygen atoms in total. The quantitative estimate of drug-likeness (QED) is 0.431. The summed E-state index contributed by atoms with van der Waals surface area (Å²) in [5.74, 6) is 0.0133. The van der Waals surface area contributed by atoms with Crippen LogP contribution in [0.5, 0.6) is 5.75 Å². The first-order valence-corrected chi connectivity index (χ1v) is 5.96. The van der Waals surface area contributed by atoms with Crippen molar-refractivity contribution in [1.29, 1.82) is 0 Å². The zero-order chi connectivity index (χ0) is 14.1. The van der Waals surface area contributed by atoms with E-state index in [0.29, 0.717) is 24.3 Å². The monoisotopic (exact) mass is 266 g/mol. The average molecular weight is 266 g/mol. The number of rotatable bonds is 7. The minimum absolute atomic E-state index is 0.0748. The number of hydrogen-bond acceptors (Lipinski definition) is 5. The number of ether oxygens (including phenoxy) is 2. The molecule has 0 unspecified atom stereocenters. The Morgan fingerprint density at radius 2 is 1.95 bits per heavy atom. The Morgan fingerprint density at radius 1 is 1.26 bits per heavy atom. The van der Waals surface area contributed by atoms with Gasteiger partial charge in [-0.3, -0.25) is 4.79 Å². The molecule has 0 aliphatic rings. The molecule has 104 valence electrons. The average Bonchev–Trinajstić information content (AvgIpc) is 2.42. The standard InChI is InChI=1S/C13H18N2O4/c1-15-12(16)3-2-8-18-13(17)9-19-11-6-4-10(14)5-7-11/h4-7H,2-3,8-9,14H2,1H3,(H,15,16). The van der Waals surface area contributed by atoms with Gasteiger partial charge in [0.15, 0.2) is 6.61 Å². The molecule has 0 aliphatic carbocycles. The van der Waals surface area contributed by atoms with Crippen molar-refractivity contribution >= 4 is 17.6 Å². The van der Waals surface area contributed by atoms with Crippen molar-refractivity contribution < 1.29 is 19.1 Å². The lowest BCUT2D eigenvalue weighted by Gasteiger charge is -2.07. The normalized spacial score (nSPS) is 9.74. The molecule has 0 aromatic heterocycles. The molecule has 0 saturated carbocycles. The third kappa shape index (κ3) is 6.30. The second kappa shape index (κ2) is 7.97. The van der Waals surface area contributed by atoms with E-state index in [1.165, 1.54) is 0 Å². The Bertz CT molecular complexity index is 417. The molecule has 6 heteroatoms. The highest BCUT2D eigenvalue weighted by atomic mass is 16.6. The van der Waals surface area contributed by atoms with Gasteiger partial charge in [-0.1, -0.05) is 0 Å². The number of anilines is 1. The highest BCUT2D eigenvalue weighted by Gasteiger charge is 2.05. The lowest BCUT2D eigenvalue weighted by molar-refractivity contribution is -0.146. The summed E-state index contributed by atoms with van der Waals surface area (Å²) >= 11 is 0. The molecule has 0 radical (unpaired) electrons. The van der Waals surface area contributed by atoms with Crippen molar-refractivity contribution in [1.82, 2.24) is 5.32 Å². The van der Waals surface area contributed by atoms with Crippen LogP contribution < -0.4 is 15.8 Å². The predicted molar refractivity (Wildman–Crippen MR) is 70.6 cm³/mol. The second-order valence-electron chi connectivity index (χ2n) is 3.85. The highest BCUT2D eigenvalue weighted by molar-refractivity contribution is 5.75. The SMILES string of the molecule is CNC(=O)CCCOC(=O)COc1ccc(N)cc1. The van der Waals surface area contributed by atoms with E-state index in [9.17, 15) is 9.59 Å². The van der Waals surface area contributed by atoms with Gasteiger partial charge in [0.2, 0.25) is 5.91 Å². The summed E-state index contributed by atoms with van der Waals surface area (Å²) in [6.45, 7) is 0.0429. The number of nitrogens with one attached hydrogen (secondary N) is 1. The molecule has 0 fully saturated rings. The number of esters is 1. The fraction of sp³-hybridized carbons (Fsp3) is 0.385. The van der Waals surface area contributed by atoms with E-state index < -0.39 is 5.97 Å². The first-order valence-electron chi connectivity index (χ1n) is 5.96. The lowest BCUT2D eigenvalue weighted by atomic mass is 10.3. The van der Waals surface area contributed by atoms with E-state index >= 15 is 0 Å². The number of benzene rings is 1.